The average Bonchev–Trinajstić information content (AvgIpc) is 2.33. The Morgan fingerprint density at radius 1 is 1.47 bits per heavy atom. The van der Waals surface area contributed by atoms with Crippen LogP contribution in [-0.2, 0) is 0 Å². The van der Waals surface area contributed by atoms with Gasteiger partial charge in [-0.1, -0.05) is 0 Å². The van der Waals surface area contributed by atoms with Crippen LogP contribution in [0.4, 0.5) is 14.5 Å². The summed E-state index contributed by atoms with van der Waals surface area (Å²) >= 11 is 0. The van der Waals surface area contributed by atoms with Crippen molar-refractivity contribution in [2.75, 3.05) is 25.1 Å². The minimum absolute atomic E-state index is 0.00521. The van der Waals surface area contributed by atoms with Crippen LogP contribution in [0, 0.1) is 5.82 Å². The molecule has 2 unspecified atom stereocenters. The van der Waals surface area contributed by atoms with Crippen molar-refractivity contribution in [3.8, 4) is 5.75 Å². The molecule has 17 heavy (non-hydrogen) atoms. The fourth-order valence-corrected chi connectivity index (χ4v) is 1.97. The third kappa shape index (κ3) is 2.49. The predicted octanol–water partition coefficient (Wildman–Crippen LogP) is 1.74. The molecule has 0 spiro atoms. The zero-order valence-corrected chi connectivity index (χ0v) is 9.57. The van der Waals surface area contributed by atoms with E-state index in [1.54, 1.807) is 11.0 Å². The van der Waals surface area contributed by atoms with Gasteiger partial charge >= 0.3 is 0 Å². The second-order valence-corrected chi connectivity index (χ2v) is 4.14. The van der Waals surface area contributed by atoms with Gasteiger partial charge in [0.05, 0.1) is 25.4 Å². The highest BCUT2D eigenvalue weighted by atomic mass is 19.1. The van der Waals surface area contributed by atoms with Gasteiger partial charge in [-0.2, -0.15) is 0 Å². The maximum Gasteiger partial charge on any atom is 0.146 e. The fourth-order valence-electron chi connectivity index (χ4n) is 1.97. The Balaban J connectivity index is 2.21. The first-order valence-electron chi connectivity index (χ1n) is 5.52. The van der Waals surface area contributed by atoms with Crippen molar-refractivity contribution in [1.82, 2.24) is 0 Å². The molecule has 1 aromatic carbocycles. The van der Waals surface area contributed by atoms with E-state index in [2.05, 4.69) is 0 Å². The normalized spacial score (nSPS) is 24.8. The summed E-state index contributed by atoms with van der Waals surface area (Å²) in [6.45, 7) is 0.441. The van der Waals surface area contributed by atoms with Crippen molar-refractivity contribution < 1.29 is 18.6 Å². The summed E-state index contributed by atoms with van der Waals surface area (Å²) in [6, 6.07) is 4.36. The molecule has 1 aromatic rings. The van der Waals surface area contributed by atoms with Crippen LogP contribution in [0.1, 0.15) is 6.42 Å². The van der Waals surface area contributed by atoms with Crippen LogP contribution in [0.2, 0.25) is 0 Å². The van der Waals surface area contributed by atoms with Gasteiger partial charge in [-0.15, -0.1) is 0 Å². The molecule has 1 aliphatic rings. The lowest BCUT2D eigenvalue weighted by Crippen LogP contribution is -2.44. The van der Waals surface area contributed by atoms with Crippen LogP contribution in [0.3, 0.4) is 0 Å². The number of aliphatic hydroxyl groups excluding tert-OH is 1. The van der Waals surface area contributed by atoms with Crippen molar-refractivity contribution in [3.05, 3.63) is 24.0 Å². The summed E-state index contributed by atoms with van der Waals surface area (Å²) in [6.07, 6.45) is -1.98. The average molecular weight is 243 g/mol. The first kappa shape index (κ1) is 12.1. The molecule has 1 saturated heterocycles. The zero-order valence-electron chi connectivity index (χ0n) is 9.57. The van der Waals surface area contributed by atoms with Gasteiger partial charge in [0.1, 0.15) is 17.7 Å². The SMILES string of the molecule is COc1ccc(F)c(N2CCC(O)C(F)C2)c1. The number of anilines is 1. The van der Waals surface area contributed by atoms with Gasteiger partial charge in [0.2, 0.25) is 0 Å². The lowest BCUT2D eigenvalue weighted by atomic mass is 10.1. The van der Waals surface area contributed by atoms with Gasteiger partial charge in [-0.05, 0) is 18.6 Å². The Morgan fingerprint density at radius 3 is 2.88 bits per heavy atom. The monoisotopic (exact) mass is 243 g/mol. The van der Waals surface area contributed by atoms with E-state index in [0.29, 0.717) is 24.4 Å². The summed E-state index contributed by atoms with van der Waals surface area (Å²) in [5.74, 6) is 0.123. The fraction of sp³-hybridized carbons (Fsp3) is 0.500. The van der Waals surface area contributed by atoms with Crippen LogP contribution >= 0.6 is 0 Å². The Hall–Kier alpha value is -1.36. The number of halogens is 2. The molecule has 1 fully saturated rings. The number of benzene rings is 1. The van der Waals surface area contributed by atoms with Gasteiger partial charge in [-0.3, -0.25) is 0 Å². The van der Waals surface area contributed by atoms with Crippen molar-refractivity contribution in [2.24, 2.45) is 0 Å². The minimum Gasteiger partial charge on any atom is -0.497 e. The Bertz CT molecular complexity index is 400. The lowest BCUT2D eigenvalue weighted by molar-refractivity contribution is 0.0614. The van der Waals surface area contributed by atoms with Crippen molar-refractivity contribution in [1.29, 1.82) is 0 Å². The number of piperidine rings is 1. The van der Waals surface area contributed by atoms with Gasteiger partial charge in [-0.25, -0.2) is 8.78 Å². The maximum absolute atomic E-state index is 13.6. The molecular formula is C12H15F2NO2. The molecule has 94 valence electrons. The minimum atomic E-state index is -1.34. The molecule has 0 amide bonds. The molecule has 5 heteroatoms. The van der Waals surface area contributed by atoms with Gasteiger partial charge < -0.3 is 14.7 Å². The van der Waals surface area contributed by atoms with E-state index in [1.807, 2.05) is 0 Å². The van der Waals surface area contributed by atoms with E-state index in [0.717, 1.165) is 0 Å². The van der Waals surface area contributed by atoms with E-state index in [9.17, 15) is 13.9 Å². The topological polar surface area (TPSA) is 32.7 Å². The van der Waals surface area contributed by atoms with Crippen molar-refractivity contribution in [3.63, 3.8) is 0 Å². The largest absolute Gasteiger partial charge is 0.497 e. The third-order valence-electron chi connectivity index (χ3n) is 3.00. The summed E-state index contributed by atoms with van der Waals surface area (Å²) < 4.78 is 32.0. The zero-order chi connectivity index (χ0) is 12.4. The third-order valence-corrected chi connectivity index (χ3v) is 3.00. The molecule has 0 saturated carbocycles. The van der Waals surface area contributed by atoms with Crippen molar-refractivity contribution >= 4 is 5.69 Å². The summed E-state index contributed by atoms with van der Waals surface area (Å²) in [4.78, 5) is 1.59. The number of alkyl halides is 1. The molecule has 1 aliphatic heterocycles. The van der Waals surface area contributed by atoms with Crippen LogP contribution in [0.25, 0.3) is 0 Å². The highest BCUT2D eigenvalue weighted by Crippen LogP contribution is 2.28. The summed E-state index contributed by atoms with van der Waals surface area (Å²) in [5.41, 5.74) is 0.318. The van der Waals surface area contributed by atoms with E-state index < -0.39 is 18.1 Å². The smallest absolute Gasteiger partial charge is 0.146 e. The molecule has 0 aliphatic carbocycles. The lowest BCUT2D eigenvalue weighted by Gasteiger charge is -2.34. The summed E-state index contributed by atoms with van der Waals surface area (Å²) in [5, 5.41) is 9.29. The van der Waals surface area contributed by atoms with Gasteiger partial charge in [0.15, 0.2) is 0 Å². The van der Waals surface area contributed by atoms with Crippen LogP contribution in [-0.4, -0.2) is 37.6 Å². The number of ether oxygens (including phenoxy) is 1. The van der Waals surface area contributed by atoms with Crippen LogP contribution in [0.5, 0.6) is 5.75 Å². The van der Waals surface area contributed by atoms with Gasteiger partial charge in [0.25, 0.3) is 0 Å². The second kappa shape index (κ2) is 4.87. The number of hydrogen-bond donors (Lipinski definition) is 1. The first-order chi connectivity index (χ1) is 8.11. The molecule has 2 rings (SSSR count). The molecule has 0 aromatic heterocycles. The molecule has 3 nitrogen and oxygen atoms in total. The number of methoxy groups -OCH3 is 1. The van der Waals surface area contributed by atoms with E-state index >= 15 is 0 Å². The Labute approximate surface area is 98.6 Å². The molecule has 1 heterocycles. The predicted molar refractivity (Wildman–Crippen MR) is 60.7 cm³/mol. The van der Waals surface area contributed by atoms with Crippen molar-refractivity contribution in [2.45, 2.75) is 18.7 Å². The first-order valence-corrected chi connectivity index (χ1v) is 5.52. The van der Waals surface area contributed by atoms with E-state index in [1.165, 1.54) is 19.2 Å². The van der Waals surface area contributed by atoms with Crippen LogP contribution in [0.15, 0.2) is 18.2 Å². The van der Waals surface area contributed by atoms with Gasteiger partial charge in [0, 0.05) is 12.6 Å². The maximum atomic E-state index is 13.6. The highest BCUT2D eigenvalue weighted by Gasteiger charge is 2.28. The van der Waals surface area contributed by atoms with E-state index in [4.69, 9.17) is 4.74 Å². The molecule has 0 radical (unpaired) electrons. The second-order valence-electron chi connectivity index (χ2n) is 4.14. The molecular weight excluding hydrogens is 228 g/mol. The Morgan fingerprint density at radius 2 is 2.24 bits per heavy atom. The number of rotatable bonds is 2. The molecule has 1 N–H and O–H groups in total. The number of aliphatic hydroxyl groups is 1. The molecule has 2 atom stereocenters. The number of nitrogens with zero attached hydrogens (tertiary/aromatic N) is 1. The van der Waals surface area contributed by atoms with E-state index in [-0.39, 0.29) is 6.54 Å². The standard InChI is InChI=1S/C12H15F2NO2/c1-17-8-2-3-9(13)11(6-8)15-5-4-12(16)10(14)7-15/h2-3,6,10,12,16H,4-5,7H2,1H3. The van der Waals surface area contributed by atoms with Crippen LogP contribution < -0.4 is 9.64 Å². The molecule has 0 bridgehead atoms. The number of hydrogen-bond acceptors (Lipinski definition) is 3. The Kier molecular flexibility index (Phi) is 3.47. The quantitative estimate of drug-likeness (QED) is 0.858. The highest BCUT2D eigenvalue weighted by molar-refractivity contribution is 5.52. The summed E-state index contributed by atoms with van der Waals surface area (Å²) in [7, 11) is 1.49.